The Morgan fingerprint density at radius 3 is 2.40 bits per heavy atom. The lowest BCUT2D eigenvalue weighted by Crippen LogP contribution is -2.66. The maximum atomic E-state index is 11.5. The molecule has 0 spiro atoms. The van der Waals surface area contributed by atoms with Gasteiger partial charge in [0.05, 0.1) is 11.3 Å². The Morgan fingerprint density at radius 1 is 0.930 bits per heavy atom. The minimum Gasteiger partial charge on any atom is -0.478 e. The Balaban J connectivity index is 1.19. The number of fused-ring (bicyclic) bond motifs is 7. The van der Waals surface area contributed by atoms with Crippen LogP contribution in [0.1, 0.15) is 127 Å². The number of nitrogens with one attached hydrogen (secondary N) is 1. The van der Waals surface area contributed by atoms with Gasteiger partial charge in [0, 0.05) is 10.9 Å². The summed E-state index contributed by atoms with van der Waals surface area (Å²) < 4.78 is 0. The predicted molar refractivity (Wildman–Crippen MR) is 177 cm³/mol. The van der Waals surface area contributed by atoms with E-state index in [1.165, 1.54) is 74.6 Å². The zero-order chi connectivity index (χ0) is 30.4. The molecule has 8 atom stereocenters. The van der Waals surface area contributed by atoms with Crippen LogP contribution >= 0.6 is 11.3 Å². The fraction of sp³-hybridized carbons (Fsp3) is 0.684. The molecular formula is C38H52N2O2S. The minimum atomic E-state index is -0.853. The number of hydrogen-bond acceptors (Lipinski definition) is 4. The second-order valence-corrected chi connectivity index (χ2v) is 17.2. The van der Waals surface area contributed by atoms with Crippen LogP contribution in [0, 0.1) is 45.3 Å². The number of allylic oxidation sites excluding steroid dienone is 2. The first-order chi connectivity index (χ1) is 20.4. The number of rotatable bonds is 5. The molecule has 0 radical (unpaired) electrons. The lowest BCUT2D eigenvalue weighted by molar-refractivity contribution is -0.213. The number of nitrogens with zero attached hydrogens (tertiary/aromatic N) is 1. The average Bonchev–Trinajstić information content (AvgIpc) is 3.60. The van der Waals surface area contributed by atoms with Crippen LogP contribution in [0.5, 0.6) is 0 Å². The molecule has 0 amide bonds. The van der Waals surface area contributed by atoms with E-state index in [2.05, 4.69) is 58.3 Å². The van der Waals surface area contributed by atoms with E-state index >= 15 is 0 Å². The molecule has 4 fully saturated rings. The number of anilines is 1. The highest BCUT2D eigenvalue weighted by atomic mass is 32.1. The summed E-state index contributed by atoms with van der Waals surface area (Å²) >= 11 is 1.82. The average molecular weight is 601 g/mol. The van der Waals surface area contributed by atoms with Crippen molar-refractivity contribution in [1.29, 1.82) is 0 Å². The first-order valence-corrected chi connectivity index (χ1v) is 18.0. The molecule has 232 valence electrons. The van der Waals surface area contributed by atoms with Crippen molar-refractivity contribution in [3.8, 4) is 0 Å². The quantitative estimate of drug-likeness (QED) is 0.358. The zero-order valence-corrected chi connectivity index (χ0v) is 28.1. The Hall–Kier alpha value is -2.14. The van der Waals surface area contributed by atoms with Crippen molar-refractivity contribution in [1.82, 2.24) is 4.98 Å². The van der Waals surface area contributed by atoms with Crippen LogP contribution in [0.25, 0.3) is 5.57 Å². The molecular weight excluding hydrogens is 548 g/mol. The van der Waals surface area contributed by atoms with E-state index in [0.717, 1.165) is 35.7 Å². The number of thiazole rings is 1. The van der Waals surface area contributed by atoms with Gasteiger partial charge in [-0.15, -0.1) is 11.3 Å². The van der Waals surface area contributed by atoms with E-state index in [-0.39, 0.29) is 16.4 Å². The Labute approximate surface area is 263 Å². The molecule has 4 saturated carbocycles. The second kappa shape index (κ2) is 9.93. The van der Waals surface area contributed by atoms with Crippen molar-refractivity contribution in [2.24, 2.45) is 45.3 Å². The highest BCUT2D eigenvalue weighted by Crippen LogP contribution is 2.76. The lowest BCUT2D eigenvalue weighted by atomic mass is 9.33. The van der Waals surface area contributed by atoms with Gasteiger partial charge in [-0.05, 0) is 133 Å². The largest absolute Gasteiger partial charge is 0.478 e. The maximum absolute atomic E-state index is 11.5. The number of aryl methyl sites for hydroxylation is 1. The summed E-state index contributed by atoms with van der Waals surface area (Å²) in [4.78, 5) is 16.5. The maximum Gasteiger partial charge on any atom is 0.335 e. The number of aromatic carboxylic acids is 1. The molecule has 5 aliphatic rings. The van der Waals surface area contributed by atoms with Crippen LogP contribution in [-0.2, 0) is 6.42 Å². The third-order valence-corrected chi connectivity index (χ3v) is 15.5. The molecule has 2 aromatic rings. The molecule has 43 heavy (non-hydrogen) atoms. The summed E-state index contributed by atoms with van der Waals surface area (Å²) in [6.07, 6.45) is 16.7. The number of benzene rings is 1. The Kier molecular flexibility index (Phi) is 6.83. The molecule has 0 aliphatic heterocycles. The number of hydrogen-bond donors (Lipinski definition) is 2. The first kappa shape index (κ1) is 29.6. The first-order valence-electron chi connectivity index (χ1n) is 17.1. The van der Waals surface area contributed by atoms with Gasteiger partial charge in [0.1, 0.15) is 0 Å². The van der Waals surface area contributed by atoms with Crippen LogP contribution < -0.4 is 5.32 Å². The molecule has 0 saturated heterocycles. The Bertz CT molecular complexity index is 1440. The third kappa shape index (κ3) is 4.11. The number of carbonyl (C=O) groups is 1. The van der Waals surface area contributed by atoms with Crippen molar-refractivity contribution in [3.05, 3.63) is 52.5 Å². The van der Waals surface area contributed by atoms with E-state index in [9.17, 15) is 9.90 Å². The van der Waals surface area contributed by atoms with Gasteiger partial charge in [0.15, 0.2) is 5.13 Å². The van der Waals surface area contributed by atoms with E-state index in [1.807, 2.05) is 23.5 Å². The summed E-state index contributed by atoms with van der Waals surface area (Å²) in [6, 6.07) is 7.64. The summed E-state index contributed by atoms with van der Waals surface area (Å²) in [7, 11) is 0. The van der Waals surface area contributed by atoms with Gasteiger partial charge in [0.25, 0.3) is 0 Å². The van der Waals surface area contributed by atoms with Crippen LogP contribution in [-0.4, -0.2) is 21.6 Å². The molecule has 4 nitrogen and oxygen atoms in total. The van der Waals surface area contributed by atoms with Crippen LogP contribution in [0.15, 0.2) is 35.7 Å². The van der Waals surface area contributed by atoms with Crippen molar-refractivity contribution in [3.63, 3.8) is 0 Å². The van der Waals surface area contributed by atoms with Crippen molar-refractivity contribution in [2.45, 2.75) is 118 Å². The highest BCUT2D eigenvalue weighted by Gasteiger charge is 2.69. The monoisotopic (exact) mass is 600 g/mol. The number of carboxylic acids is 1. The Morgan fingerprint density at radius 2 is 1.70 bits per heavy atom. The molecule has 0 bridgehead atoms. The molecule has 1 aromatic heterocycles. The fourth-order valence-electron chi connectivity index (χ4n) is 12.4. The highest BCUT2D eigenvalue weighted by molar-refractivity contribution is 7.13. The molecule has 1 aromatic carbocycles. The van der Waals surface area contributed by atoms with Crippen molar-refractivity contribution < 1.29 is 9.90 Å². The lowest BCUT2D eigenvalue weighted by Gasteiger charge is -2.72. The molecule has 7 rings (SSSR count). The van der Waals surface area contributed by atoms with E-state index in [1.54, 1.807) is 12.1 Å². The van der Waals surface area contributed by atoms with E-state index in [0.29, 0.717) is 22.3 Å². The molecule has 5 aliphatic carbocycles. The summed E-state index contributed by atoms with van der Waals surface area (Å²) in [6.45, 7) is 15.3. The van der Waals surface area contributed by atoms with Gasteiger partial charge in [0.2, 0.25) is 0 Å². The summed E-state index contributed by atoms with van der Waals surface area (Å²) in [5.74, 6) is 2.06. The third-order valence-electron chi connectivity index (χ3n) is 14.7. The molecule has 2 N–H and O–H groups in total. The minimum absolute atomic E-state index is 0.0545. The summed E-state index contributed by atoms with van der Waals surface area (Å²) in [5, 5.41) is 16.9. The zero-order valence-electron chi connectivity index (χ0n) is 27.3. The smallest absolute Gasteiger partial charge is 0.335 e. The standard InChI is InChI=1S/C38H52N2O2S/c1-7-26-23-43-33(39-26)40-38-18-8-9-29(38)28-14-15-31-35(4)19-16-27(24-10-12-25(13-11-24)32(41)42)34(2,3)30(35)17-20-37(31,6)36(28,5)21-22-38/h10-13,16,23,28-31H,7-9,14-15,17-22H2,1-6H3,(H,39,40)(H,41,42)/t28-,29?,30?,31?,35+,36-,37-,38+/m1/s1. The van der Waals surface area contributed by atoms with Gasteiger partial charge in [-0.3, -0.25) is 0 Å². The van der Waals surface area contributed by atoms with Crippen LogP contribution in [0.2, 0.25) is 0 Å². The van der Waals surface area contributed by atoms with Gasteiger partial charge < -0.3 is 10.4 Å². The SMILES string of the molecule is CCc1csc(N[C@]23CCCC2[C@H]2CCC4[C@@]5(C)CC=C(c6ccc(C(=O)O)cc6)C(C)(C)C5CC[C@@]4(C)[C@]2(C)CC3)n1. The van der Waals surface area contributed by atoms with Crippen LogP contribution in [0.4, 0.5) is 5.13 Å². The van der Waals surface area contributed by atoms with E-state index in [4.69, 9.17) is 4.98 Å². The van der Waals surface area contributed by atoms with Crippen LogP contribution in [0.3, 0.4) is 0 Å². The van der Waals surface area contributed by atoms with Crippen molar-refractivity contribution >= 4 is 28.0 Å². The van der Waals surface area contributed by atoms with Gasteiger partial charge in [-0.1, -0.05) is 66.2 Å². The number of aromatic nitrogens is 1. The summed E-state index contributed by atoms with van der Waals surface area (Å²) in [5.41, 5.74) is 5.52. The van der Waals surface area contributed by atoms with Crippen molar-refractivity contribution in [2.75, 3.05) is 5.32 Å². The molecule has 5 heteroatoms. The van der Waals surface area contributed by atoms with Gasteiger partial charge in [-0.25, -0.2) is 9.78 Å². The molecule has 1 heterocycles. The van der Waals surface area contributed by atoms with Gasteiger partial charge in [-0.2, -0.15) is 0 Å². The fourth-order valence-corrected chi connectivity index (χ4v) is 13.3. The normalized spacial score (nSPS) is 41.3. The second-order valence-electron chi connectivity index (χ2n) is 16.4. The molecule has 3 unspecified atom stereocenters. The van der Waals surface area contributed by atoms with E-state index < -0.39 is 5.97 Å². The topological polar surface area (TPSA) is 62.2 Å². The van der Waals surface area contributed by atoms with Gasteiger partial charge >= 0.3 is 5.97 Å². The predicted octanol–water partition coefficient (Wildman–Crippen LogP) is 10.1. The number of carboxylic acid groups (broad SMARTS) is 1.